The summed E-state index contributed by atoms with van der Waals surface area (Å²) in [7, 11) is -2.24. The van der Waals surface area contributed by atoms with Gasteiger partial charge < -0.3 is 10.6 Å². The van der Waals surface area contributed by atoms with Gasteiger partial charge in [-0.25, -0.2) is 8.42 Å². The van der Waals surface area contributed by atoms with Gasteiger partial charge in [0.15, 0.2) is 0 Å². The highest BCUT2D eigenvalue weighted by molar-refractivity contribution is 7.92. The molecule has 1 saturated heterocycles. The van der Waals surface area contributed by atoms with Crippen molar-refractivity contribution in [1.29, 1.82) is 0 Å². The average molecular weight is 436 g/mol. The van der Waals surface area contributed by atoms with Gasteiger partial charge in [-0.05, 0) is 55.0 Å². The van der Waals surface area contributed by atoms with Crippen molar-refractivity contribution in [3.63, 3.8) is 0 Å². The molecule has 29 heavy (non-hydrogen) atoms. The minimum Gasteiger partial charge on any atom is -0.338 e. The summed E-state index contributed by atoms with van der Waals surface area (Å²) in [4.78, 5) is 14.9. The number of carbonyl (C=O) groups is 1. The number of anilines is 1. The van der Waals surface area contributed by atoms with Crippen LogP contribution in [0.2, 0.25) is 0 Å². The zero-order valence-corrected chi connectivity index (χ0v) is 17.9. The highest BCUT2D eigenvalue weighted by atomic mass is 35.5. The van der Waals surface area contributed by atoms with Crippen LogP contribution in [0, 0.1) is 11.8 Å². The summed E-state index contributed by atoms with van der Waals surface area (Å²) >= 11 is 0. The Morgan fingerprint density at radius 1 is 1.07 bits per heavy atom. The molecular formula is C21H26ClN3O3S. The Balaban J connectivity index is 0.00000240. The van der Waals surface area contributed by atoms with Gasteiger partial charge in [-0.3, -0.25) is 9.10 Å². The van der Waals surface area contributed by atoms with Crippen LogP contribution in [-0.4, -0.2) is 45.4 Å². The van der Waals surface area contributed by atoms with Crippen LogP contribution in [0.1, 0.15) is 23.2 Å². The zero-order valence-electron chi connectivity index (χ0n) is 16.3. The van der Waals surface area contributed by atoms with Gasteiger partial charge in [-0.15, -0.1) is 12.4 Å². The molecule has 2 aromatic carbocycles. The van der Waals surface area contributed by atoms with Crippen LogP contribution in [0.15, 0.2) is 59.5 Å². The largest absolute Gasteiger partial charge is 0.338 e. The van der Waals surface area contributed by atoms with Crippen LogP contribution >= 0.6 is 12.4 Å². The van der Waals surface area contributed by atoms with Crippen LogP contribution in [-0.2, 0) is 10.0 Å². The molecule has 1 heterocycles. The van der Waals surface area contributed by atoms with Gasteiger partial charge in [0.2, 0.25) is 0 Å². The SMILES string of the molecule is CN(c1ccccc1)S(=O)(=O)c1cccc(C(=O)N2CC3CCC(N)C3C2)c1.Cl. The second kappa shape index (κ2) is 8.34. The van der Waals surface area contributed by atoms with Crippen molar-refractivity contribution in [2.75, 3.05) is 24.4 Å². The molecule has 8 heteroatoms. The Hall–Kier alpha value is -2.09. The number of nitrogens with zero attached hydrogens (tertiary/aromatic N) is 2. The van der Waals surface area contributed by atoms with E-state index in [1.54, 1.807) is 36.4 Å². The Bertz CT molecular complexity index is 984. The quantitative estimate of drug-likeness (QED) is 0.800. The number of hydrogen-bond acceptors (Lipinski definition) is 4. The summed E-state index contributed by atoms with van der Waals surface area (Å²) in [5, 5.41) is 0. The van der Waals surface area contributed by atoms with E-state index in [0.717, 1.165) is 12.8 Å². The fourth-order valence-corrected chi connectivity index (χ4v) is 5.62. The summed E-state index contributed by atoms with van der Waals surface area (Å²) in [6.07, 6.45) is 2.09. The van der Waals surface area contributed by atoms with Gasteiger partial charge in [0.1, 0.15) is 0 Å². The van der Waals surface area contributed by atoms with Crippen LogP contribution < -0.4 is 10.0 Å². The molecule has 4 rings (SSSR count). The molecule has 2 fully saturated rings. The van der Waals surface area contributed by atoms with Crippen LogP contribution in [0.5, 0.6) is 0 Å². The number of sulfonamides is 1. The van der Waals surface area contributed by atoms with Crippen molar-refractivity contribution in [2.24, 2.45) is 17.6 Å². The highest BCUT2D eigenvalue weighted by Crippen LogP contribution is 2.37. The van der Waals surface area contributed by atoms with Gasteiger partial charge in [0.25, 0.3) is 15.9 Å². The average Bonchev–Trinajstić information content (AvgIpc) is 3.29. The third-order valence-corrected chi connectivity index (χ3v) is 7.84. The molecule has 1 saturated carbocycles. The number of para-hydroxylation sites is 1. The number of hydrogen-bond donors (Lipinski definition) is 1. The van der Waals surface area contributed by atoms with Crippen LogP contribution in [0.4, 0.5) is 5.69 Å². The van der Waals surface area contributed by atoms with E-state index in [4.69, 9.17) is 5.73 Å². The maximum absolute atomic E-state index is 13.0. The third-order valence-electron chi connectivity index (χ3n) is 6.06. The van der Waals surface area contributed by atoms with E-state index in [1.807, 2.05) is 11.0 Å². The fraction of sp³-hybridized carbons (Fsp3) is 0.381. The molecule has 156 valence electrons. The van der Waals surface area contributed by atoms with Crippen molar-refractivity contribution >= 4 is 34.0 Å². The molecule has 1 aliphatic carbocycles. The minimum absolute atomic E-state index is 0. The molecular weight excluding hydrogens is 410 g/mol. The predicted octanol–water partition coefficient (Wildman–Crippen LogP) is 2.74. The van der Waals surface area contributed by atoms with Crippen molar-refractivity contribution in [3.8, 4) is 0 Å². The first-order chi connectivity index (χ1) is 13.4. The molecule has 3 unspecified atom stereocenters. The lowest BCUT2D eigenvalue weighted by Gasteiger charge is -2.21. The lowest BCUT2D eigenvalue weighted by Crippen LogP contribution is -2.33. The molecule has 1 amide bonds. The molecule has 2 aromatic rings. The maximum atomic E-state index is 13.0. The molecule has 0 bridgehead atoms. The van der Waals surface area contributed by atoms with Crippen LogP contribution in [0.25, 0.3) is 0 Å². The standard InChI is InChI=1S/C21H25N3O3S.ClH/c1-23(17-7-3-2-4-8-17)28(26,27)18-9-5-6-15(12-18)21(25)24-13-16-10-11-20(22)19(16)14-24;/h2-9,12,16,19-20H,10-11,13-14,22H2,1H3;1H. The normalized spacial score (nSPS) is 23.4. The number of halogens is 1. The van der Waals surface area contributed by atoms with E-state index in [0.29, 0.717) is 36.2 Å². The first-order valence-corrected chi connectivity index (χ1v) is 11.0. The molecule has 0 radical (unpaired) electrons. The Morgan fingerprint density at radius 3 is 2.48 bits per heavy atom. The fourth-order valence-electron chi connectivity index (χ4n) is 4.38. The lowest BCUT2D eigenvalue weighted by atomic mass is 9.98. The molecule has 6 nitrogen and oxygen atoms in total. The van der Waals surface area contributed by atoms with Gasteiger partial charge in [0.05, 0.1) is 10.6 Å². The molecule has 1 aliphatic heterocycles. The summed E-state index contributed by atoms with van der Waals surface area (Å²) < 4.78 is 27.3. The second-order valence-electron chi connectivity index (χ2n) is 7.71. The zero-order chi connectivity index (χ0) is 19.9. The van der Waals surface area contributed by atoms with E-state index >= 15 is 0 Å². The monoisotopic (exact) mass is 435 g/mol. The Labute approximate surface area is 178 Å². The lowest BCUT2D eigenvalue weighted by molar-refractivity contribution is 0.0779. The molecule has 3 atom stereocenters. The topological polar surface area (TPSA) is 83.7 Å². The maximum Gasteiger partial charge on any atom is 0.264 e. The number of nitrogens with two attached hydrogens (primary N) is 1. The van der Waals surface area contributed by atoms with Gasteiger partial charge in [0, 0.05) is 31.7 Å². The number of carbonyl (C=O) groups excluding carboxylic acids is 1. The third kappa shape index (κ3) is 3.99. The van der Waals surface area contributed by atoms with Crippen molar-refractivity contribution in [3.05, 3.63) is 60.2 Å². The number of amides is 1. The molecule has 2 aliphatic rings. The van der Waals surface area contributed by atoms with E-state index in [-0.39, 0.29) is 29.3 Å². The van der Waals surface area contributed by atoms with Gasteiger partial charge >= 0.3 is 0 Å². The van der Waals surface area contributed by atoms with E-state index in [1.165, 1.54) is 23.5 Å². The number of benzene rings is 2. The second-order valence-corrected chi connectivity index (χ2v) is 9.68. The summed E-state index contributed by atoms with van der Waals surface area (Å²) in [6.45, 7) is 1.36. The van der Waals surface area contributed by atoms with Crippen molar-refractivity contribution < 1.29 is 13.2 Å². The van der Waals surface area contributed by atoms with Crippen LogP contribution in [0.3, 0.4) is 0 Å². The summed E-state index contributed by atoms with van der Waals surface area (Å²) in [5.74, 6) is 0.705. The molecule has 2 N–H and O–H groups in total. The highest BCUT2D eigenvalue weighted by Gasteiger charge is 2.42. The summed E-state index contributed by atoms with van der Waals surface area (Å²) in [6, 6.07) is 15.4. The first kappa shape index (κ1) is 21.6. The number of fused-ring (bicyclic) bond motifs is 1. The summed E-state index contributed by atoms with van der Waals surface area (Å²) in [5.41, 5.74) is 7.14. The van der Waals surface area contributed by atoms with Gasteiger partial charge in [-0.2, -0.15) is 0 Å². The number of likely N-dealkylation sites (tertiary alicyclic amines) is 1. The van der Waals surface area contributed by atoms with Crippen molar-refractivity contribution in [1.82, 2.24) is 4.90 Å². The number of rotatable bonds is 4. The first-order valence-electron chi connectivity index (χ1n) is 9.57. The smallest absolute Gasteiger partial charge is 0.264 e. The van der Waals surface area contributed by atoms with Crippen molar-refractivity contribution in [2.45, 2.75) is 23.8 Å². The molecule has 0 spiro atoms. The van der Waals surface area contributed by atoms with E-state index in [2.05, 4.69) is 0 Å². The molecule has 0 aromatic heterocycles. The van der Waals surface area contributed by atoms with Gasteiger partial charge in [-0.1, -0.05) is 24.3 Å². The van der Waals surface area contributed by atoms with E-state index < -0.39 is 10.0 Å². The minimum atomic E-state index is -3.75. The Kier molecular flexibility index (Phi) is 6.22. The Morgan fingerprint density at radius 2 is 1.79 bits per heavy atom. The predicted molar refractivity (Wildman–Crippen MR) is 116 cm³/mol. The van der Waals surface area contributed by atoms with E-state index in [9.17, 15) is 13.2 Å².